The lowest BCUT2D eigenvalue weighted by Crippen LogP contribution is -2.06. The van der Waals surface area contributed by atoms with Crippen LogP contribution in [0.25, 0.3) is 22.4 Å². The molecule has 3 rings (SSSR count). The van der Waals surface area contributed by atoms with Gasteiger partial charge in [0, 0.05) is 6.07 Å². The van der Waals surface area contributed by atoms with Crippen molar-refractivity contribution in [3.05, 3.63) is 63.7 Å². The summed E-state index contributed by atoms with van der Waals surface area (Å²) in [6.45, 7) is 1.97. The zero-order chi connectivity index (χ0) is 18.8. The summed E-state index contributed by atoms with van der Waals surface area (Å²) in [5.41, 5.74) is 14.0. The number of aryl methyl sites for hydroxylation is 1. The summed E-state index contributed by atoms with van der Waals surface area (Å²) in [6.07, 6.45) is 0. The molecule has 0 saturated carbocycles. The predicted molar refractivity (Wildman–Crippen MR) is 97.8 cm³/mol. The highest BCUT2D eigenvalue weighted by Gasteiger charge is 2.22. The molecule has 0 radical (unpaired) electrons. The van der Waals surface area contributed by atoms with Gasteiger partial charge in [-0.2, -0.15) is 10.2 Å². The van der Waals surface area contributed by atoms with E-state index < -0.39 is 4.92 Å². The summed E-state index contributed by atoms with van der Waals surface area (Å²) in [5, 5.41) is 20.9. The highest BCUT2D eigenvalue weighted by Crippen LogP contribution is 2.36. The van der Waals surface area contributed by atoms with Gasteiger partial charge in [-0.05, 0) is 30.2 Å². The van der Waals surface area contributed by atoms with Crippen molar-refractivity contribution in [2.45, 2.75) is 6.92 Å². The van der Waals surface area contributed by atoms with Gasteiger partial charge in [-0.25, -0.2) is 4.98 Å². The number of nitrogens with two attached hydrogens (primary N) is 2. The van der Waals surface area contributed by atoms with Gasteiger partial charge in [-0.3, -0.25) is 10.1 Å². The fraction of sp³-hybridized carbons (Fsp3) is 0.0556. The van der Waals surface area contributed by atoms with Gasteiger partial charge in [0.15, 0.2) is 0 Å². The summed E-state index contributed by atoms with van der Waals surface area (Å²) in [7, 11) is 0. The van der Waals surface area contributed by atoms with Crippen molar-refractivity contribution >= 4 is 17.5 Å². The van der Waals surface area contributed by atoms with Gasteiger partial charge in [0.05, 0.1) is 10.5 Å². The highest BCUT2D eigenvalue weighted by molar-refractivity contribution is 5.83. The molecule has 0 aliphatic rings. The molecule has 0 atom stereocenters. The van der Waals surface area contributed by atoms with E-state index in [2.05, 4.69) is 9.97 Å². The van der Waals surface area contributed by atoms with Crippen molar-refractivity contribution in [1.29, 1.82) is 5.26 Å². The standard InChI is InChI=1S/C18H14N6O2/c1-10-2-4-11(5-3-10)12-6-7-15(24(25)26)13(8-12)16-14(9-19)17(20)23-18(21)22-16/h2-8H,1H3,(H4,20,21,22,23). The molecule has 3 aromatic rings. The molecule has 0 unspecified atom stereocenters. The molecule has 26 heavy (non-hydrogen) atoms. The molecular weight excluding hydrogens is 332 g/mol. The summed E-state index contributed by atoms with van der Waals surface area (Å²) in [6, 6.07) is 14.2. The lowest BCUT2D eigenvalue weighted by molar-refractivity contribution is -0.384. The van der Waals surface area contributed by atoms with Crippen LogP contribution < -0.4 is 11.5 Å². The number of nitro benzene ring substituents is 1. The number of nitro groups is 1. The van der Waals surface area contributed by atoms with Crippen LogP contribution in [0, 0.1) is 28.4 Å². The van der Waals surface area contributed by atoms with Crippen LogP contribution in [0.4, 0.5) is 17.5 Å². The van der Waals surface area contributed by atoms with E-state index in [1.807, 2.05) is 37.3 Å². The van der Waals surface area contributed by atoms with E-state index in [4.69, 9.17) is 11.5 Å². The SMILES string of the molecule is Cc1ccc(-c2ccc([N+](=O)[O-])c(-c3nc(N)nc(N)c3C#N)c2)cc1. The number of rotatable bonds is 3. The van der Waals surface area contributed by atoms with E-state index in [1.54, 1.807) is 12.1 Å². The summed E-state index contributed by atoms with van der Waals surface area (Å²) in [4.78, 5) is 18.7. The number of hydrogen-bond acceptors (Lipinski definition) is 7. The van der Waals surface area contributed by atoms with Crippen molar-refractivity contribution < 1.29 is 4.92 Å². The van der Waals surface area contributed by atoms with Gasteiger partial charge in [0.25, 0.3) is 5.69 Å². The van der Waals surface area contributed by atoms with Gasteiger partial charge in [-0.1, -0.05) is 29.8 Å². The molecule has 1 heterocycles. The Hall–Kier alpha value is -3.99. The minimum atomic E-state index is -0.538. The second-order valence-electron chi connectivity index (χ2n) is 5.66. The fourth-order valence-electron chi connectivity index (χ4n) is 2.61. The molecule has 0 spiro atoms. The summed E-state index contributed by atoms with van der Waals surface area (Å²) < 4.78 is 0. The van der Waals surface area contributed by atoms with E-state index in [1.165, 1.54) is 6.07 Å². The van der Waals surface area contributed by atoms with Crippen LogP contribution in [0.1, 0.15) is 11.1 Å². The second-order valence-corrected chi connectivity index (χ2v) is 5.66. The van der Waals surface area contributed by atoms with E-state index in [0.717, 1.165) is 16.7 Å². The molecule has 0 aliphatic heterocycles. The van der Waals surface area contributed by atoms with Gasteiger partial charge in [0.2, 0.25) is 5.95 Å². The maximum absolute atomic E-state index is 11.5. The largest absolute Gasteiger partial charge is 0.382 e. The molecule has 1 aromatic heterocycles. The van der Waals surface area contributed by atoms with Crippen LogP contribution >= 0.6 is 0 Å². The summed E-state index contributed by atoms with van der Waals surface area (Å²) in [5.74, 6) is -0.281. The van der Waals surface area contributed by atoms with Crippen molar-refractivity contribution in [3.63, 3.8) is 0 Å². The normalized spacial score (nSPS) is 10.3. The average molecular weight is 346 g/mol. The minimum absolute atomic E-state index is 0.0400. The molecular formula is C18H14N6O2. The molecule has 0 saturated heterocycles. The number of hydrogen-bond donors (Lipinski definition) is 2. The smallest absolute Gasteiger partial charge is 0.278 e. The van der Waals surface area contributed by atoms with Crippen LogP contribution in [0.3, 0.4) is 0 Å². The van der Waals surface area contributed by atoms with Crippen molar-refractivity contribution in [2.75, 3.05) is 11.5 Å². The third-order valence-corrected chi connectivity index (χ3v) is 3.90. The van der Waals surface area contributed by atoms with E-state index in [0.29, 0.717) is 0 Å². The lowest BCUT2D eigenvalue weighted by Gasteiger charge is -2.10. The maximum atomic E-state index is 11.5. The van der Waals surface area contributed by atoms with Crippen LogP contribution in [0.2, 0.25) is 0 Å². The number of nitrogens with zero attached hydrogens (tertiary/aromatic N) is 4. The first-order valence-corrected chi connectivity index (χ1v) is 7.59. The minimum Gasteiger partial charge on any atom is -0.382 e. The number of nitrogen functional groups attached to an aromatic ring is 2. The number of nitriles is 1. The number of aromatic nitrogens is 2. The highest BCUT2D eigenvalue weighted by atomic mass is 16.6. The molecule has 0 amide bonds. The van der Waals surface area contributed by atoms with Crippen molar-refractivity contribution in [2.24, 2.45) is 0 Å². The van der Waals surface area contributed by atoms with Crippen LogP contribution in [-0.4, -0.2) is 14.9 Å². The molecule has 128 valence electrons. The first kappa shape index (κ1) is 16.9. The Morgan fingerprint density at radius 2 is 1.73 bits per heavy atom. The molecule has 0 fully saturated rings. The van der Waals surface area contributed by atoms with E-state index in [9.17, 15) is 15.4 Å². The third-order valence-electron chi connectivity index (χ3n) is 3.90. The lowest BCUT2D eigenvalue weighted by atomic mass is 9.98. The Labute approximate surface area is 148 Å². The third kappa shape index (κ3) is 3.01. The molecule has 0 bridgehead atoms. The Balaban J connectivity index is 2.29. The van der Waals surface area contributed by atoms with Gasteiger partial charge < -0.3 is 11.5 Å². The Morgan fingerprint density at radius 1 is 1.08 bits per heavy atom. The maximum Gasteiger partial charge on any atom is 0.278 e. The van der Waals surface area contributed by atoms with Crippen LogP contribution in [0.15, 0.2) is 42.5 Å². The molecule has 8 nitrogen and oxygen atoms in total. The van der Waals surface area contributed by atoms with Gasteiger partial charge >= 0.3 is 0 Å². The first-order chi connectivity index (χ1) is 12.4. The van der Waals surface area contributed by atoms with Crippen molar-refractivity contribution in [1.82, 2.24) is 9.97 Å². The second kappa shape index (κ2) is 6.49. The van der Waals surface area contributed by atoms with Crippen LogP contribution in [-0.2, 0) is 0 Å². The van der Waals surface area contributed by atoms with E-state index in [-0.39, 0.29) is 34.3 Å². The van der Waals surface area contributed by atoms with Gasteiger partial charge in [-0.15, -0.1) is 0 Å². The Kier molecular flexibility index (Phi) is 4.21. The zero-order valence-electron chi connectivity index (χ0n) is 13.8. The zero-order valence-corrected chi connectivity index (χ0v) is 13.8. The van der Waals surface area contributed by atoms with Crippen molar-refractivity contribution in [3.8, 4) is 28.5 Å². The predicted octanol–water partition coefficient (Wildman–Crippen LogP) is 3.06. The average Bonchev–Trinajstić information content (AvgIpc) is 2.61. The summed E-state index contributed by atoms with van der Waals surface area (Å²) >= 11 is 0. The Morgan fingerprint density at radius 3 is 2.35 bits per heavy atom. The number of anilines is 2. The molecule has 2 aromatic carbocycles. The monoisotopic (exact) mass is 346 g/mol. The van der Waals surface area contributed by atoms with E-state index >= 15 is 0 Å². The quantitative estimate of drug-likeness (QED) is 0.547. The molecule has 0 aliphatic carbocycles. The number of benzene rings is 2. The first-order valence-electron chi connectivity index (χ1n) is 7.59. The Bertz CT molecular complexity index is 1050. The molecule has 8 heteroatoms. The van der Waals surface area contributed by atoms with Gasteiger partial charge in [0.1, 0.15) is 23.1 Å². The fourth-order valence-corrected chi connectivity index (χ4v) is 2.61. The topological polar surface area (TPSA) is 145 Å². The molecule has 4 N–H and O–H groups in total. The van der Waals surface area contributed by atoms with Crippen LogP contribution in [0.5, 0.6) is 0 Å².